The third-order valence-corrected chi connectivity index (χ3v) is 6.52. The number of fused-ring (bicyclic) bond motifs is 3. The van der Waals surface area contributed by atoms with Crippen LogP contribution in [0, 0.1) is 29.6 Å². The third kappa shape index (κ3) is 5.99. The molecular formula is C23H40O4. The molecule has 3 aliphatic carbocycles. The van der Waals surface area contributed by atoms with Crippen LogP contribution in [0.4, 0.5) is 0 Å². The molecule has 3 rings (SSSR count). The number of ketones is 2. The van der Waals surface area contributed by atoms with E-state index in [1.165, 1.54) is 32.8 Å². The molecule has 156 valence electrons. The number of carbonyl (C=O) groups is 2. The van der Waals surface area contributed by atoms with Crippen LogP contribution in [0.2, 0.25) is 0 Å². The zero-order valence-electron chi connectivity index (χ0n) is 18.0. The van der Waals surface area contributed by atoms with Crippen molar-refractivity contribution >= 4 is 11.6 Å². The molecule has 6 atom stereocenters. The number of rotatable bonds is 2. The van der Waals surface area contributed by atoms with Crippen LogP contribution in [-0.4, -0.2) is 30.1 Å². The Kier molecular flexibility index (Phi) is 10.5. The van der Waals surface area contributed by atoms with Crippen molar-refractivity contribution in [2.45, 2.75) is 85.4 Å². The highest BCUT2D eigenvalue weighted by Gasteiger charge is 2.50. The minimum Gasteiger partial charge on any atom is -0.368 e. The molecule has 0 radical (unpaired) electrons. The van der Waals surface area contributed by atoms with Crippen molar-refractivity contribution in [3.63, 3.8) is 0 Å². The topological polar surface area (TPSA) is 63.6 Å². The normalized spacial score (nSPS) is 34.0. The monoisotopic (exact) mass is 380 g/mol. The summed E-state index contributed by atoms with van der Waals surface area (Å²) in [5.74, 6) is 2.07. The minimum atomic E-state index is -0.565. The van der Waals surface area contributed by atoms with Gasteiger partial charge in [0.15, 0.2) is 12.1 Å². The molecule has 4 nitrogen and oxygen atoms in total. The van der Waals surface area contributed by atoms with E-state index in [0.717, 1.165) is 12.8 Å². The van der Waals surface area contributed by atoms with Crippen molar-refractivity contribution in [1.29, 1.82) is 0 Å². The summed E-state index contributed by atoms with van der Waals surface area (Å²) in [5, 5.41) is 8.44. The molecule has 3 saturated carbocycles. The molecule has 0 saturated heterocycles. The maximum atomic E-state index is 12.4. The summed E-state index contributed by atoms with van der Waals surface area (Å²) in [6.07, 6.45) is 7.61. The lowest BCUT2D eigenvalue weighted by Gasteiger charge is -2.45. The molecular weight excluding hydrogens is 340 g/mol. The predicted molar refractivity (Wildman–Crippen MR) is 109 cm³/mol. The highest BCUT2D eigenvalue weighted by Crippen LogP contribution is 2.50. The molecule has 4 heteroatoms. The van der Waals surface area contributed by atoms with Gasteiger partial charge in [-0.25, -0.2) is 0 Å². The average molecular weight is 381 g/mol. The maximum absolute atomic E-state index is 12.4. The second kappa shape index (κ2) is 11.8. The molecule has 5 unspecified atom stereocenters. The van der Waals surface area contributed by atoms with Gasteiger partial charge in [-0.15, -0.1) is 0 Å². The molecule has 3 fully saturated rings. The van der Waals surface area contributed by atoms with Gasteiger partial charge in [0.2, 0.25) is 0 Å². The van der Waals surface area contributed by atoms with Crippen LogP contribution in [0.3, 0.4) is 0 Å². The summed E-state index contributed by atoms with van der Waals surface area (Å²) in [4.78, 5) is 24.7. The lowest BCUT2D eigenvalue weighted by Crippen LogP contribution is -2.48. The molecule has 27 heavy (non-hydrogen) atoms. The molecule has 0 aliphatic heterocycles. The Bertz CT molecular complexity index is 495. The second-order valence-electron chi connectivity index (χ2n) is 8.01. The predicted octanol–water partition coefficient (Wildman–Crippen LogP) is 4.94. The van der Waals surface area contributed by atoms with Crippen molar-refractivity contribution in [3.8, 4) is 0 Å². The smallest absolute Gasteiger partial charge is 0.168 e. The lowest BCUT2D eigenvalue weighted by atomic mass is 9.57. The number of hydrogen-bond acceptors (Lipinski definition) is 4. The molecule has 0 aromatic rings. The summed E-state index contributed by atoms with van der Waals surface area (Å²) in [5.41, 5.74) is 0.690. The summed E-state index contributed by atoms with van der Waals surface area (Å²) in [6.45, 7) is 12.0. The number of aliphatic hydroxyl groups excluding tert-OH is 1. The van der Waals surface area contributed by atoms with E-state index < -0.39 is 6.29 Å². The Hall–Kier alpha value is -1.00. The van der Waals surface area contributed by atoms with Crippen LogP contribution < -0.4 is 0 Å². The Morgan fingerprint density at radius 3 is 2.30 bits per heavy atom. The Labute approximate surface area is 165 Å². The number of carbonyl (C=O) groups excluding carboxylic acids is 2. The first-order valence-electron chi connectivity index (χ1n) is 10.9. The molecule has 0 heterocycles. The minimum absolute atomic E-state index is 0.0663. The average Bonchev–Trinajstić information content (AvgIpc) is 2.87. The van der Waals surface area contributed by atoms with Gasteiger partial charge in [-0.1, -0.05) is 53.5 Å². The molecule has 0 amide bonds. The molecule has 0 aromatic heterocycles. The fourth-order valence-electron chi connectivity index (χ4n) is 5.00. The van der Waals surface area contributed by atoms with E-state index in [9.17, 15) is 9.59 Å². The summed E-state index contributed by atoms with van der Waals surface area (Å²) in [6, 6.07) is 0. The largest absolute Gasteiger partial charge is 0.368 e. The fraction of sp³-hybridized carbons (Fsp3) is 0.826. The zero-order chi connectivity index (χ0) is 20.6. The summed E-state index contributed by atoms with van der Waals surface area (Å²) >= 11 is 0. The van der Waals surface area contributed by atoms with Gasteiger partial charge >= 0.3 is 0 Å². The van der Waals surface area contributed by atoms with Crippen LogP contribution >= 0.6 is 0 Å². The Balaban J connectivity index is 0.000000392. The summed E-state index contributed by atoms with van der Waals surface area (Å²) in [7, 11) is 1.48. The number of Topliss-reactive ketones (excluding diaryl/α,β-unsaturated/α-hetero) is 2. The Morgan fingerprint density at radius 2 is 1.74 bits per heavy atom. The van der Waals surface area contributed by atoms with Gasteiger partial charge in [-0.2, -0.15) is 0 Å². The lowest BCUT2D eigenvalue weighted by molar-refractivity contribution is -0.142. The highest BCUT2D eigenvalue weighted by molar-refractivity contribution is 6.11. The van der Waals surface area contributed by atoms with Gasteiger partial charge in [-0.05, 0) is 54.9 Å². The van der Waals surface area contributed by atoms with Gasteiger partial charge in [-0.3, -0.25) is 9.59 Å². The van der Waals surface area contributed by atoms with E-state index in [-0.39, 0.29) is 17.5 Å². The van der Waals surface area contributed by atoms with Crippen molar-refractivity contribution in [1.82, 2.24) is 0 Å². The van der Waals surface area contributed by atoms with E-state index in [1.807, 2.05) is 20.8 Å². The molecule has 1 N–H and O–H groups in total. The highest BCUT2D eigenvalue weighted by atomic mass is 16.6. The van der Waals surface area contributed by atoms with Crippen molar-refractivity contribution < 1.29 is 19.4 Å². The van der Waals surface area contributed by atoms with Gasteiger partial charge < -0.3 is 9.84 Å². The first kappa shape index (κ1) is 24.0. The van der Waals surface area contributed by atoms with Gasteiger partial charge in [0, 0.05) is 13.5 Å². The van der Waals surface area contributed by atoms with Crippen LogP contribution in [0.1, 0.15) is 79.1 Å². The molecule has 0 bridgehead atoms. The first-order chi connectivity index (χ1) is 12.9. The van der Waals surface area contributed by atoms with E-state index in [2.05, 4.69) is 18.2 Å². The zero-order valence-corrected chi connectivity index (χ0v) is 18.0. The number of aliphatic hydroxyl groups is 1. The Morgan fingerprint density at radius 1 is 1.11 bits per heavy atom. The van der Waals surface area contributed by atoms with E-state index >= 15 is 0 Å². The molecule has 0 spiro atoms. The number of ether oxygens (including phenoxy) is 1. The van der Waals surface area contributed by atoms with Crippen molar-refractivity contribution in [3.05, 3.63) is 12.2 Å². The van der Waals surface area contributed by atoms with Crippen molar-refractivity contribution in [2.75, 3.05) is 7.11 Å². The van der Waals surface area contributed by atoms with Gasteiger partial charge in [0.05, 0.1) is 5.92 Å². The van der Waals surface area contributed by atoms with Gasteiger partial charge in [0.25, 0.3) is 0 Å². The fourth-order valence-corrected chi connectivity index (χ4v) is 5.00. The van der Waals surface area contributed by atoms with Crippen LogP contribution in [-0.2, 0) is 14.3 Å². The van der Waals surface area contributed by atoms with Gasteiger partial charge in [0.1, 0.15) is 5.78 Å². The molecule has 3 aliphatic rings. The number of hydrogen-bond donors (Lipinski definition) is 1. The van der Waals surface area contributed by atoms with E-state index in [1.54, 1.807) is 0 Å². The quantitative estimate of drug-likeness (QED) is 0.419. The van der Waals surface area contributed by atoms with E-state index in [0.29, 0.717) is 42.1 Å². The number of allylic oxidation sites excluding steroid dienone is 1. The first-order valence-corrected chi connectivity index (χ1v) is 10.9. The van der Waals surface area contributed by atoms with Crippen LogP contribution in [0.25, 0.3) is 0 Å². The molecule has 0 aromatic carbocycles. The standard InChI is InChI=1S/C17H24O2.C4H10O2.C2H6/c1-10-5-3-4-6-12-13-8-7-11(2)17(19)16(13)15(18)9-14(10)12;1-3-4(5)6-2;1-2/h10,12-14,16H,2-9H2,1H3;4-5H,3H2,1-2H3;1-2H3/t;4-;/m.1./s1. The summed E-state index contributed by atoms with van der Waals surface area (Å²) < 4.78 is 4.45. The van der Waals surface area contributed by atoms with Crippen molar-refractivity contribution in [2.24, 2.45) is 29.6 Å². The second-order valence-corrected chi connectivity index (χ2v) is 8.01. The van der Waals surface area contributed by atoms with Crippen LogP contribution in [0.5, 0.6) is 0 Å². The third-order valence-electron chi connectivity index (χ3n) is 6.52. The van der Waals surface area contributed by atoms with Crippen LogP contribution in [0.15, 0.2) is 12.2 Å². The van der Waals surface area contributed by atoms with E-state index in [4.69, 9.17) is 5.11 Å². The SMILES string of the molecule is C=C1CCC2C(C(=O)CC3C(C)CCCCC32)C1=O.CC.CC[C@H](O)OC. The number of methoxy groups -OCH3 is 1. The maximum Gasteiger partial charge on any atom is 0.168 e.